The van der Waals surface area contributed by atoms with E-state index in [9.17, 15) is 9.59 Å². The first-order valence-corrected chi connectivity index (χ1v) is 11.5. The Bertz CT molecular complexity index is 1230. The van der Waals surface area contributed by atoms with Gasteiger partial charge in [-0.3, -0.25) is 4.79 Å². The van der Waals surface area contributed by atoms with Gasteiger partial charge in [0.2, 0.25) is 0 Å². The van der Waals surface area contributed by atoms with Crippen LogP contribution < -0.4 is 19.6 Å². The highest BCUT2D eigenvalue weighted by atomic mass is 79.9. The third-order valence-corrected chi connectivity index (χ3v) is 5.40. The molecule has 0 saturated heterocycles. The van der Waals surface area contributed by atoms with Gasteiger partial charge in [0.15, 0.2) is 0 Å². The van der Waals surface area contributed by atoms with Crippen LogP contribution in [0, 0.1) is 0 Å². The lowest BCUT2D eigenvalue weighted by Crippen LogP contribution is -2.19. The second-order valence-electron chi connectivity index (χ2n) is 6.74. The molecule has 0 heterocycles. The maximum Gasteiger partial charge on any atom is 0.343 e. The zero-order valence-electron chi connectivity index (χ0n) is 18.1. The predicted molar refractivity (Wildman–Crippen MR) is 137 cm³/mol. The molecule has 0 bridgehead atoms. The van der Waals surface area contributed by atoms with Crippen molar-refractivity contribution in [2.24, 2.45) is 5.10 Å². The van der Waals surface area contributed by atoms with E-state index in [0.29, 0.717) is 32.7 Å². The van der Waals surface area contributed by atoms with E-state index >= 15 is 0 Å². The number of esters is 1. The molecule has 0 unspecified atom stereocenters. The molecule has 0 fully saturated rings. The van der Waals surface area contributed by atoms with E-state index in [-0.39, 0.29) is 12.4 Å². The number of halogens is 2. The fraction of sp³-hybridized carbons (Fsp3) is 0.0800. The first-order chi connectivity index (χ1) is 16.4. The second-order valence-corrected chi connectivity index (χ2v) is 8.57. The van der Waals surface area contributed by atoms with Gasteiger partial charge < -0.3 is 14.2 Å². The Morgan fingerprint density at radius 3 is 2.35 bits per heavy atom. The number of carbonyl (C=O) groups is 2. The van der Waals surface area contributed by atoms with Crippen molar-refractivity contribution in [1.29, 1.82) is 0 Å². The average Bonchev–Trinajstić information content (AvgIpc) is 2.84. The first-order valence-electron chi connectivity index (χ1n) is 9.93. The lowest BCUT2D eigenvalue weighted by atomic mass is 10.2. The summed E-state index contributed by atoms with van der Waals surface area (Å²) in [7, 11) is 1.55. The standard InChI is InChI=1S/C25H20Br2N2O5/c1-3-12-33-23-11-7-19(27)14-21(23)24(30)29-28-15-17-13-18(26)6-10-22(17)34-25(31)16-4-8-20(32-2)9-5-16/h3-11,13-15H,1,12H2,2H3,(H,29,30). The number of methoxy groups -OCH3 is 1. The molecular weight excluding hydrogens is 568 g/mol. The number of amides is 1. The first kappa shape index (κ1) is 25.2. The van der Waals surface area contributed by atoms with Crippen LogP contribution in [0.5, 0.6) is 17.2 Å². The van der Waals surface area contributed by atoms with Crippen molar-refractivity contribution in [2.45, 2.75) is 0 Å². The summed E-state index contributed by atoms with van der Waals surface area (Å²) in [6.07, 6.45) is 2.98. The van der Waals surface area contributed by atoms with Crippen molar-refractivity contribution >= 4 is 50.0 Å². The Morgan fingerprint density at radius 2 is 1.68 bits per heavy atom. The fourth-order valence-electron chi connectivity index (χ4n) is 2.77. The van der Waals surface area contributed by atoms with E-state index in [1.165, 1.54) is 6.21 Å². The maximum absolute atomic E-state index is 12.7. The van der Waals surface area contributed by atoms with E-state index in [0.717, 1.165) is 4.47 Å². The highest BCUT2D eigenvalue weighted by Gasteiger charge is 2.14. The SMILES string of the molecule is C=CCOc1ccc(Br)cc1C(=O)NN=Cc1cc(Br)ccc1OC(=O)c1ccc(OC)cc1. The van der Waals surface area contributed by atoms with Crippen LogP contribution >= 0.6 is 31.9 Å². The molecule has 0 aromatic heterocycles. The largest absolute Gasteiger partial charge is 0.497 e. The minimum absolute atomic E-state index is 0.256. The Kier molecular flexibility index (Phi) is 9.00. The van der Waals surface area contributed by atoms with Crippen molar-refractivity contribution in [1.82, 2.24) is 5.43 Å². The Hall–Kier alpha value is -3.43. The van der Waals surface area contributed by atoms with Crippen LogP contribution in [0.25, 0.3) is 0 Å². The van der Waals surface area contributed by atoms with Gasteiger partial charge in [-0.1, -0.05) is 44.5 Å². The van der Waals surface area contributed by atoms with E-state index in [4.69, 9.17) is 14.2 Å². The van der Waals surface area contributed by atoms with Crippen LogP contribution in [0.15, 0.2) is 87.4 Å². The molecule has 0 aliphatic heterocycles. The van der Waals surface area contributed by atoms with Crippen LogP contribution in [0.2, 0.25) is 0 Å². The topological polar surface area (TPSA) is 86.2 Å². The number of carbonyl (C=O) groups excluding carboxylic acids is 2. The maximum atomic E-state index is 12.7. The van der Waals surface area contributed by atoms with Crippen LogP contribution in [0.3, 0.4) is 0 Å². The van der Waals surface area contributed by atoms with Crippen molar-refractivity contribution < 1.29 is 23.8 Å². The molecule has 3 aromatic carbocycles. The molecule has 0 atom stereocenters. The van der Waals surface area contributed by atoms with Gasteiger partial charge in [0, 0.05) is 14.5 Å². The molecule has 34 heavy (non-hydrogen) atoms. The van der Waals surface area contributed by atoms with Gasteiger partial charge in [-0.15, -0.1) is 0 Å². The summed E-state index contributed by atoms with van der Waals surface area (Å²) >= 11 is 6.74. The quantitative estimate of drug-likeness (QED) is 0.113. The predicted octanol–water partition coefficient (Wildman–Crippen LogP) is 5.77. The molecule has 0 aliphatic rings. The summed E-state index contributed by atoms with van der Waals surface area (Å²) in [6.45, 7) is 3.87. The van der Waals surface area contributed by atoms with Crippen molar-refractivity contribution in [3.05, 3.63) is 99.0 Å². The van der Waals surface area contributed by atoms with Gasteiger partial charge in [-0.05, 0) is 60.7 Å². The molecule has 3 rings (SSSR count). The second kappa shape index (κ2) is 12.2. The zero-order valence-corrected chi connectivity index (χ0v) is 21.3. The van der Waals surface area contributed by atoms with E-state index in [1.54, 1.807) is 73.8 Å². The monoisotopic (exact) mass is 586 g/mol. The van der Waals surface area contributed by atoms with Gasteiger partial charge >= 0.3 is 5.97 Å². The number of hydrogen-bond acceptors (Lipinski definition) is 6. The summed E-state index contributed by atoms with van der Waals surface area (Å²) in [6, 6.07) is 16.7. The Morgan fingerprint density at radius 1 is 1.00 bits per heavy atom. The molecule has 0 radical (unpaired) electrons. The third-order valence-electron chi connectivity index (χ3n) is 4.41. The highest BCUT2D eigenvalue weighted by molar-refractivity contribution is 9.10. The molecule has 1 amide bonds. The van der Waals surface area contributed by atoms with E-state index < -0.39 is 11.9 Å². The zero-order chi connectivity index (χ0) is 24.5. The van der Waals surface area contributed by atoms with E-state index in [2.05, 4.69) is 49.0 Å². The Labute approximate surface area is 213 Å². The third kappa shape index (κ3) is 6.79. The van der Waals surface area contributed by atoms with Crippen molar-refractivity contribution in [3.63, 3.8) is 0 Å². The van der Waals surface area contributed by atoms with Gasteiger partial charge in [0.1, 0.15) is 23.9 Å². The van der Waals surface area contributed by atoms with Crippen LogP contribution in [-0.2, 0) is 0 Å². The number of hydrogen-bond donors (Lipinski definition) is 1. The number of ether oxygens (including phenoxy) is 3. The molecule has 174 valence electrons. The number of rotatable bonds is 9. The van der Waals surface area contributed by atoms with Crippen molar-refractivity contribution in [2.75, 3.05) is 13.7 Å². The molecule has 0 spiro atoms. The fourth-order valence-corrected chi connectivity index (χ4v) is 3.51. The van der Waals surface area contributed by atoms with Crippen LogP contribution in [0.1, 0.15) is 26.3 Å². The normalized spacial score (nSPS) is 10.6. The smallest absolute Gasteiger partial charge is 0.343 e. The molecule has 3 aromatic rings. The minimum atomic E-state index is -0.540. The lowest BCUT2D eigenvalue weighted by Gasteiger charge is -2.10. The molecule has 7 nitrogen and oxygen atoms in total. The summed E-state index contributed by atoms with van der Waals surface area (Å²) in [5.41, 5.74) is 3.61. The summed E-state index contributed by atoms with van der Waals surface area (Å²) in [5, 5.41) is 4.03. The Balaban J connectivity index is 1.75. The van der Waals surface area contributed by atoms with Gasteiger partial charge in [-0.2, -0.15) is 5.10 Å². The molecule has 0 saturated carbocycles. The van der Waals surface area contributed by atoms with Crippen LogP contribution in [-0.4, -0.2) is 31.8 Å². The van der Waals surface area contributed by atoms with Gasteiger partial charge in [0.05, 0.1) is 24.5 Å². The molecule has 1 N–H and O–H groups in total. The number of nitrogens with one attached hydrogen (secondary N) is 1. The number of hydrazone groups is 1. The average molecular weight is 588 g/mol. The molecule has 0 aliphatic carbocycles. The van der Waals surface area contributed by atoms with Gasteiger partial charge in [-0.25, -0.2) is 10.2 Å². The molecular formula is C25H20Br2N2O5. The summed E-state index contributed by atoms with van der Waals surface area (Å²) in [4.78, 5) is 25.2. The van der Waals surface area contributed by atoms with E-state index in [1.807, 2.05) is 0 Å². The number of benzene rings is 3. The van der Waals surface area contributed by atoms with Gasteiger partial charge in [0.25, 0.3) is 5.91 Å². The summed E-state index contributed by atoms with van der Waals surface area (Å²) < 4.78 is 17.6. The summed E-state index contributed by atoms with van der Waals surface area (Å²) in [5.74, 6) is 0.296. The lowest BCUT2D eigenvalue weighted by molar-refractivity contribution is 0.0734. The molecule has 9 heteroatoms. The van der Waals surface area contributed by atoms with Crippen molar-refractivity contribution in [3.8, 4) is 17.2 Å². The number of nitrogens with zero attached hydrogens (tertiary/aromatic N) is 1. The minimum Gasteiger partial charge on any atom is -0.497 e. The van der Waals surface area contributed by atoms with Crippen LogP contribution in [0.4, 0.5) is 0 Å². The highest BCUT2D eigenvalue weighted by Crippen LogP contribution is 2.25.